The Hall–Kier alpha value is -1.79. The van der Waals surface area contributed by atoms with Gasteiger partial charge in [0.1, 0.15) is 12.4 Å². The Morgan fingerprint density at radius 1 is 1.33 bits per heavy atom. The lowest BCUT2D eigenvalue weighted by molar-refractivity contribution is -0.121. The van der Waals surface area contributed by atoms with Crippen molar-refractivity contribution in [1.29, 1.82) is 0 Å². The summed E-state index contributed by atoms with van der Waals surface area (Å²) in [7, 11) is 3.11. The van der Waals surface area contributed by atoms with Crippen LogP contribution >= 0.6 is 0 Å². The molecule has 1 amide bonds. The van der Waals surface area contributed by atoms with E-state index < -0.39 is 0 Å². The maximum Gasteiger partial charge on any atom is 0.250 e. The molecular weight excluding hydrogens is 236 g/mol. The molecule has 0 aliphatic carbocycles. The number of rotatable bonds is 7. The van der Waals surface area contributed by atoms with E-state index in [4.69, 9.17) is 19.9 Å². The lowest BCUT2D eigenvalue weighted by Crippen LogP contribution is -2.19. The summed E-state index contributed by atoms with van der Waals surface area (Å²) in [5.41, 5.74) is 6.80. The highest BCUT2D eigenvalue weighted by atomic mass is 16.5. The molecule has 6 heteroatoms. The van der Waals surface area contributed by atoms with Crippen LogP contribution in [0.1, 0.15) is 0 Å². The van der Waals surface area contributed by atoms with Gasteiger partial charge in [0.15, 0.2) is 0 Å². The van der Waals surface area contributed by atoms with Crippen molar-refractivity contribution >= 4 is 17.3 Å². The van der Waals surface area contributed by atoms with Crippen LogP contribution in [0.15, 0.2) is 18.2 Å². The second-order valence-corrected chi connectivity index (χ2v) is 3.55. The first-order valence-electron chi connectivity index (χ1n) is 5.47. The molecule has 0 heterocycles. The van der Waals surface area contributed by atoms with Gasteiger partial charge in [-0.2, -0.15) is 0 Å². The molecule has 0 unspecified atom stereocenters. The average Bonchev–Trinajstić information content (AvgIpc) is 2.35. The quantitative estimate of drug-likeness (QED) is 0.557. The van der Waals surface area contributed by atoms with Crippen LogP contribution in [0.2, 0.25) is 0 Å². The van der Waals surface area contributed by atoms with E-state index in [0.717, 1.165) is 0 Å². The van der Waals surface area contributed by atoms with Crippen molar-refractivity contribution in [2.75, 3.05) is 45.1 Å². The minimum atomic E-state index is -0.240. The predicted octanol–water partition coefficient (Wildman–Crippen LogP) is 0.879. The van der Waals surface area contributed by atoms with Crippen LogP contribution in [0.25, 0.3) is 0 Å². The van der Waals surface area contributed by atoms with E-state index in [-0.39, 0.29) is 12.5 Å². The van der Waals surface area contributed by atoms with Crippen molar-refractivity contribution in [3.05, 3.63) is 18.2 Å². The molecule has 1 rings (SSSR count). The number of nitrogens with two attached hydrogens (primary N) is 1. The van der Waals surface area contributed by atoms with E-state index in [1.807, 2.05) is 0 Å². The van der Waals surface area contributed by atoms with Gasteiger partial charge < -0.3 is 25.3 Å². The molecule has 18 heavy (non-hydrogen) atoms. The zero-order chi connectivity index (χ0) is 13.4. The van der Waals surface area contributed by atoms with Crippen molar-refractivity contribution in [3.63, 3.8) is 0 Å². The molecule has 1 aromatic carbocycles. The average molecular weight is 254 g/mol. The van der Waals surface area contributed by atoms with Crippen molar-refractivity contribution in [2.45, 2.75) is 0 Å². The number of amides is 1. The van der Waals surface area contributed by atoms with E-state index in [2.05, 4.69) is 5.32 Å². The number of hydrogen-bond donors (Lipinski definition) is 2. The first-order chi connectivity index (χ1) is 8.67. The predicted molar refractivity (Wildman–Crippen MR) is 68.7 cm³/mol. The molecule has 0 saturated heterocycles. The van der Waals surface area contributed by atoms with E-state index >= 15 is 0 Å². The number of carbonyl (C=O) groups excluding carboxylic acids is 1. The minimum Gasteiger partial charge on any atom is -0.495 e. The Balaban J connectivity index is 2.42. The highest BCUT2D eigenvalue weighted by molar-refractivity contribution is 5.92. The van der Waals surface area contributed by atoms with Crippen LogP contribution in [0.4, 0.5) is 11.4 Å². The van der Waals surface area contributed by atoms with Crippen LogP contribution in [-0.4, -0.2) is 39.9 Å². The molecule has 0 aliphatic heterocycles. The Labute approximate surface area is 106 Å². The lowest BCUT2D eigenvalue weighted by Gasteiger charge is -2.09. The van der Waals surface area contributed by atoms with Crippen LogP contribution in [0, 0.1) is 0 Å². The number of methoxy groups -OCH3 is 2. The van der Waals surface area contributed by atoms with Crippen LogP contribution in [0.3, 0.4) is 0 Å². The molecule has 100 valence electrons. The molecule has 0 aliphatic rings. The largest absolute Gasteiger partial charge is 0.495 e. The molecule has 3 N–H and O–H groups in total. The van der Waals surface area contributed by atoms with Crippen LogP contribution in [0.5, 0.6) is 5.75 Å². The van der Waals surface area contributed by atoms with Crippen molar-refractivity contribution in [1.82, 2.24) is 0 Å². The summed E-state index contributed by atoms with van der Waals surface area (Å²) in [4.78, 5) is 11.5. The zero-order valence-corrected chi connectivity index (χ0v) is 10.6. The molecular formula is C12H18N2O4. The second kappa shape index (κ2) is 7.52. The Kier molecular flexibility index (Phi) is 5.96. The number of carbonyl (C=O) groups is 1. The van der Waals surface area contributed by atoms with Crippen molar-refractivity contribution in [3.8, 4) is 5.75 Å². The van der Waals surface area contributed by atoms with E-state index in [1.54, 1.807) is 25.3 Å². The Morgan fingerprint density at radius 3 is 2.72 bits per heavy atom. The van der Waals surface area contributed by atoms with Crippen LogP contribution < -0.4 is 15.8 Å². The van der Waals surface area contributed by atoms with Gasteiger partial charge in [0.25, 0.3) is 0 Å². The van der Waals surface area contributed by atoms with Gasteiger partial charge in [0.05, 0.1) is 26.0 Å². The summed E-state index contributed by atoms with van der Waals surface area (Å²) in [5, 5.41) is 2.67. The first kappa shape index (κ1) is 14.3. The molecule has 0 saturated carbocycles. The molecule has 0 atom stereocenters. The number of ether oxygens (including phenoxy) is 3. The lowest BCUT2D eigenvalue weighted by atomic mass is 10.2. The molecule has 6 nitrogen and oxygen atoms in total. The summed E-state index contributed by atoms with van der Waals surface area (Å²) in [5.74, 6) is 0.333. The highest BCUT2D eigenvalue weighted by Gasteiger charge is 2.05. The topological polar surface area (TPSA) is 82.8 Å². The van der Waals surface area contributed by atoms with Gasteiger partial charge in [0.2, 0.25) is 5.91 Å². The van der Waals surface area contributed by atoms with E-state index in [1.165, 1.54) is 7.11 Å². The normalized spacial score (nSPS) is 10.1. The first-order valence-corrected chi connectivity index (χ1v) is 5.47. The minimum absolute atomic E-state index is 0.0186. The van der Waals surface area contributed by atoms with Crippen molar-refractivity contribution < 1.29 is 19.0 Å². The smallest absolute Gasteiger partial charge is 0.250 e. The van der Waals surface area contributed by atoms with Crippen LogP contribution in [-0.2, 0) is 14.3 Å². The molecule has 0 bridgehead atoms. The van der Waals surface area contributed by atoms with Gasteiger partial charge in [-0.05, 0) is 18.2 Å². The third-order valence-corrected chi connectivity index (χ3v) is 2.18. The Bertz CT molecular complexity index is 396. The maximum absolute atomic E-state index is 11.5. The highest BCUT2D eigenvalue weighted by Crippen LogP contribution is 2.24. The third-order valence-electron chi connectivity index (χ3n) is 2.18. The summed E-state index contributed by atoms with van der Waals surface area (Å²) < 4.78 is 14.9. The maximum atomic E-state index is 11.5. The van der Waals surface area contributed by atoms with E-state index in [9.17, 15) is 4.79 Å². The summed E-state index contributed by atoms with van der Waals surface area (Å²) in [6, 6.07) is 5.03. The van der Waals surface area contributed by atoms with E-state index in [0.29, 0.717) is 30.3 Å². The summed E-state index contributed by atoms with van der Waals surface area (Å²) in [6.45, 7) is 0.826. The van der Waals surface area contributed by atoms with Crippen molar-refractivity contribution in [2.24, 2.45) is 0 Å². The fourth-order valence-electron chi connectivity index (χ4n) is 1.32. The molecule has 0 spiro atoms. The monoisotopic (exact) mass is 254 g/mol. The summed E-state index contributed by atoms with van der Waals surface area (Å²) >= 11 is 0. The number of anilines is 2. The number of hydrogen-bond acceptors (Lipinski definition) is 5. The van der Waals surface area contributed by atoms with Gasteiger partial charge in [-0.3, -0.25) is 4.79 Å². The zero-order valence-electron chi connectivity index (χ0n) is 10.6. The fourth-order valence-corrected chi connectivity index (χ4v) is 1.32. The molecule has 1 aromatic rings. The SMILES string of the molecule is COCCOCC(=O)Nc1ccc(OC)c(N)c1. The second-order valence-electron chi connectivity index (χ2n) is 3.55. The standard InChI is InChI=1S/C12H18N2O4/c1-16-5-6-18-8-12(15)14-9-3-4-11(17-2)10(13)7-9/h3-4,7H,5-6,8,13H2,1-2H3,(H,14,15). The number of benzene rings is 1. The third kappa shape index (κ3) is 4.60. The Morgan fingerprint density at radius 2 is 2.11 bits per heavy atom. The van der Waals surface area contributed by atoms with Gasteiger partial charge in [-0.1, -0.05) is 0 Å². The molecule has 0 radical (unpaired) electrons. The fraction of sp³-hybridized carbons (Fsp3) is 0.417. The molecule has 0 fully saturated rings. The molecule has 0 aromatic heterocycles. The number of nitrogen functional groups attached to an aromatic ring is 1. The summed E-state index contributed by atoms with van der Waals surface area (Å²) in [6.07, 6.45) is 0. The van der Waals surface area contributed by atoms with Gasteiger partial charge >= 0.3 is 0 Å². The van der Waals surface area contributed by atoms with Gasteiger partial charge in [0, 0.05) is 12.8 Å². The van der Waals surface area contributed by atoms with Gasteiger partial charge in [-0.25, -0.2) is 0 Å². The van der Waals surface area contributed by atoms with Gasteiger partial charge in [-0.15, -0.1) is 0 Å². The number of nitrogens with one attached hydrogen (secondary N) is 1.